The molecule has 0 aliphatic heterocycles. The minimum Gasteiger partial charge on any atom is -0.153 e. The first-order valence-corrected chi connectivity index (χ1v) is 4.24. The van der Waals surface area contributed by atoms with Crippen LogP contribution in [0, 0.1) is 0 Å². The molecule has 0 fully saturated rings. The number of hydrogen-bond acceptors (Lipinski definition) is 1. The van der Waals surface area contributed by atoms with Crippen LogP contribution in [0.25, 0.3) is 0 Å². The van der Waals surface area contributed by atoms with Crippen molar-refractivity contribution in [2.24, 2.45) is 0 Å². The third-order valence-electron chi connectivity index (χ3n) is 0. The fourth-order valence-corrected chi connectivity index (χ4v) is 0. The summed E-state index contributed by atoms with van der Waals surface area (Å²) in [5.41, 5.74) is 0. The van der Waals surface area contributed by atoms with Gasteiger partial charge in [-0.15, -0.1) is 17.8 Å². The quantitative estimate of drug-likeness (QED) is 0.544. The maximum atomic E-state index is 6.20. The Morgan fingerprint density at radius 1 is 2.33 bits per heavy atom. The van der Waals surface area contributed by atoms with E-state index in [0.717, 1.165) is 0 Å². The lowest BCUT2D eigenvalue weighted by molar-refractivity contribution is 2.50. The fraction of sp³-hybridized carbons (Fsp3) is 1.00. The van der Waals surface area contributed by atoms with Crippen molar-refractivity contribution in [3.05, 3.63) is 0 Å². The zero-order valence-electron chi connectivity index (χ0n) is 10.6. The van der Waals surface area contributed by atoms with E-state index in [1.807, 2.05) is 0 Å². The second-order valence-corrected chi connectivity index (χ2v) is 0. The normalized spacial score (nSPS) is 12.8. The molecule has 0 spiro atoms. The van der Waals surface area contributed by atoms with Crippen molar-refractivity contribution < 1.29 is 8.91 Å². The van der Waals surface area contributed by atoms with Gasteiger partial charge in [-0.1, -0.05) is 19.2 Å². The average molecular weight is 202 g/mol. The minimum atomic E-state index is 0. The molecule has 0 heterocycles. The van der Waals surface area contributed by atoms with Crippen molar-refractivity contribution in [1.29, 1.82) is 2.56 Å². The highest BCUT2D eigenvalue weighted by Gasteiger charge is 0.882. The largest absolute Gasteiger partial charge is 0.153 e. The Bertz CT molecular complexity index is 35.3. The molecule has 0 radical (unpaired) electrons. The van der Waals surface area contributed by atoms with Gasteiger partial charge in [-0.3, -0.25) is 0 Å². The Balaban J connectivity index is -0.00000000859. The topological polar surface area (TPSA) is 0 Å². The van der Waals surface area contributed by atoms with E-state index in [2.05, 4.69) is 20.7 Å². The molecular formula is CH18P4S. The van der Waals surface area contributed by atoms with Gasteiger partial charge in [0.2, 0.25) is 0 Å². The van der Waals surface area contributed by atoms with Crippen molar-refractivity contribution in [1.82, 2.24) is 0 Å². The molecule has 0 aromatic carbocycles. The molecule has 5 heteroatoms. The molecular weight excluding hydrogens is 168 g/mol. The standard InChI is InChI=1S/CH4.H4P2.HPS.H3P.3H2/c;2*1-2;;;;/h1H4;1-2H2;1H;1H3;3*1H/i;2*1T;;3*1+2T. The van der Waals surface area contributed by atoms with Crippen LogP contribution in [0.1, 0.15) is 16.3 Å². The van der Waals surface area contributed by atoms with Crippen LogP contribution in [0.3, 0.4) is 0 Å². The highest BCUT2D eigenvalue weighted by Crippen LogP contribution is 1.86. The molecule has 0 aliphatic carbocycles. The summed E-state index contributed by atoms with van der Waals surface area (Å²) in [5, 5.41) is 0. The van der Waals surface area contributed by atoms with Gasteiger partial charge in [-0.25, -0.2) is 0 Å². The second-order valence-electron chi connectivity index (χ2n) is 0. The molecule has 6 heavy (non-hydrogen) atoms. The smallest absolute Gasteiger partial charge is 0.105 e. The Morgan fingerprint density at radius 3 is 2.33 bits per heavy atom. The lowest BCUT2D eigenvalue weighted by atomic mass is 12.0. The monoisotopic (exact) mass is 202 g/mol. The van der Waals surface area contributed by atoms with Crippen LogP contribution in [-0.2, 0) is 11.8 Å². The summed E-state index contributed by atoms with van der Waals surface area (Å²) in [6.07, 6.45) is 0. The second kappa shape index (κ2) is 70.2. The fourth-order valence-electron chi connectivity index (χ4n) is 0. The van der Waals surface area contributed by atoms with Gasteiger partial charge in [0.15, 0.2) is 0 Å². The van der Waals surface area contributed by atoms with Gasteiger partial charge in [0.1, 0.15) is 1.28 Å². The third kappa shape index (κ3) is 41.0. The molecule has 0 N–H and O–H groups in total. The van der Waals surface area contributed by atoms with Crippen LogP contribution in [0.5, 0.6) is 0 Å². The van der Waals surface area contributed by atoms with E-state index in [0.29, 0.717) is 0 Å². The van der Waals surface area contributed by atoms with Gasteiger partial charge >= 0.3 is 0 Å². The molecule has 0 aromatic rings. The zero-order chi connectivity index (χ0) is 11.4. The van der Waals surface area contributed by atoms with Crippen molar-refractivity contribution in [2.45, 2.75) is 7.43 Å². The molecule has 3 unspecified atom stereocenters. The van der Waals surface area contributed by atoms with Crippen molar-refractivity contribution in [2.75, 3.05) is 0 Å². The molecule has 0 nitrogen and oxygen atoms in total. The summed E-state index contributed by atoms with van der Waals surface area (Å²) < 4.78 is 42.2. The molecule has 0 saturated heterocycles. The minimum absolute atomic E-state index is 0. The van der Waals surface area contributed by atoms with Gasteiger partial charge in [-0.2, -0.15) is 9.90 Å². The first-order chi connectivity index (χ1) is 5.83. The lowest BCUT2D eigenvalue weighted by Gasteiger charge is -1.12. The van der Waals surface area contributed by atoms with E-state index in [9.17, 15) is 0 Å². The predicted octanol–water partition coefficient (Wildman–Crippen LogP) is 2.67. The average Bonchev–Trinajstić information content (AvgIpc) is 2.16. The number of rotatable bonds is 0. The summed E-state index contributed by atoms with van der Waals surface area (Å²) in [7, 11) is 2.77. The Kier molecular flexibility index (Phi) is 54.6. The summed E-state index contributed by atoms with van der Waals surface area (Å²) in [4.78, 5) is 0. The first kappa shape index (κ1) is 4.67. The summed E-state index contributed by atoms with van der Waals surface area (Å²) in [6, 6.07) is 0. The summed E-state index contributed by atoms with van der Waals surface area (Å²) in [6.45, 7) is 0. The van der Waals surface area contributed by atoms with E-state index in [-0.39, 0.29) is 34.2 Å². The van der Waals surface area contributed by atoms with Gasteiger partial charge in [0, 0.05) is 8.91 Å². The van der Waals surface area contributed by atoms with Crippen molar-refractivity contribution in [3.63, 3.8) is 0 Å². The Morgan fingerprint density at radius 2 is 2.33 bits per heavy atom. The van der Waals surface area contributed by atoms with E-state index in [4.69, 9.17) is 11.5 Å². The van der Waals surface area contributed by atoms with Crippen molar-refractivity contribution in [3.8, 4) is 0 Å². The van der Waals surface area contributed by atoms with Crippen LogP contribution >= 0.6 is 35.7 Å². The molecule has 0 aromatic heterocycles. The van der Waals surface area contributed by atoms with Crippen LogP contribution in [0.15, 0.2) is 0 Å². The highest BCUT2D eigenvalue weighted by molar-refractivity contribution is 7.92. The number of hydrogen-bond donors (Lipinski definition) is 0. The van der Waals surface area contributed by atoms with Gasteiger partial charge in [0.05, 0.1) is 1.28 Å². The molecule has 0 aliphatic rings. The van der Waals surface area contributed by atoms with Crippen LogP contribution < -0.4 is 0 Å². The van der Waals surface area contributed by atoms with Gasteiger partial charge in [0.25, 0.3) is 0 Å². The van der Waals surface area contributed by atoms with Crippen LogP contribution in [-0.4, -0.2) is 2.56 Å². The van der Waals surface area contributed by atoms with E-state index in [1.165, 1.54) is 0 Å². The SMILES string of the molecule is C.P.[3H]P=S.[3H]PP.[3H][3H].[3H][3H].[3H][3H]. The van der Waals surface area contributed by atoms with Crippen LogP contribution in [0.2, 0.25) is 0 Å². The predicted molar refractivity (Wildman–Crippen MR) is 59.3 cm³/mol. The van der Waals surface area contributed by atoms with Gasteiger partial charge < -0.3 is 0 Å². The molecule has 48 valence electrons. The first-order valence-electron chi connectivity index (χ1n) is 4.42. The molecule has 3 atom stereocenters. The molecule has 0 bridgehead atoms. The van der Waals surface area contributed by atoms with E-state index in [1.54, 1.807) is 0 Å². The summed E-state index contributed by atoms with van der Waals surface area (Å²) >= 11 is 4.03. The van der Waals surface area contributed by atoms with Gasteiger partial charge in [-0.05, 0) is 7.96 Å². The zero-order valence-corrected chi connectivity index (χ0v) is 7.92. The Labute approximate surface area is 67.2 Å². The van der Waals surface area contributed by atoms with E-state index < -0.39 is 0 Å². The van der Waals surface area contributed by atoms with Crippen molar-refractivity contribution >= 4 is 47.5 Å². The molecule has 0 saturated carbocycles. The lowest BCUT2D eigenvalue weighted by Crippen LogP contribution is -0.399. The molecule has 0 amide bonds. The maximum absolute atomic E-state index is 6.20. The van der Waals surface area contributed by atoms with Crippen LogP contribution in [0.4, 0.5) is 0 Å². The third-order valence-corrected chi connectivity index (χ3v) is 0. The summed E-state index contributed by atoms with van der Waals surface area (Å²) in [5.74, 6) is 0. The Hall–Kier alpha value is 1.81. The maximum Gasteiger partial charge on any atom is 0.105 e. The highest BCUT2D eigenvalue weighted by atomic mass is 32.4. The molecule has 0 rings (SSSR count). The van der Waals surface area contributed by atoms with E-state index >= 15 is 0 Å².